The third kappa shape index (κ3) is 6.04. The van der Waals surface area contributed by atoms with E-state index in [1.165, 1.54) is 0 Å². The zero-order valence-electron chi connectivity index (χ0n) is 27.7. The van der Waals surface area contributed by atoms with Crippen molar-refractivity contribution in [1.82, 2.24) is 19.6 Å². The first-order valence-corrected chi connectivity index (χ1v) is 16.7. The Morgan fingerprint density at radius 2 is 1.57 bits per heavy atom. The van der Waals surface area contributed by atoms with Crippen molar-refractivity contribution < 1.29 is 24.2 Å². The summed E-state index contributed by atoms with van der Waals surface area (Å²) in [5, 5.41) is 12.4. The minimum absolute atomic E-state index is 0.0219. The number of piperidine rings is 1. The number of amides is 2. The van der Waals surface area contributed by atoms with Gasteiger partial charge in [-0.15, -0.1) is 0 Å². The summed E-state index contributed by atoms with van der Waals surface area (Å²) in [6, 6.07) is 26.8. The van der Waals surface area contributed by atoms with Crippen LogP contribution in [0.1, 0.15) is 47.6 Å². The van der Waals surface area contributed by atoms with Crippen LogP contribution in [0.5, 0.6) is 0 Å². The summed E-state index contributed by atoms with van der Waals surface area (Å²) in [5.41, 5.74) is 3.88. The second-order valence-electron chi connectivity index (χ2n) is 12.9. The van der Waals surface area contributed by atoms with Crippen molar-refractivity contribution in [2.75, 3.05) is 24.7 Å². The van der Waals surface area contributed by atoms with Gasteiger partial charge < -0.3 is 29.7 Å². The van der Waals surface area contributed by atoms with Crippen LogP contribution in [0.3, 0.4) is 0 Å². The molecular formula is C38H41N5O6. The molecule has 0 aliphatic carbocycles. The van der Waals surface area contributed by atoms with Gasteiger partial charge in [-0.1, -0.05) is 60.7 Å². The van der Waals surface area contributed by atoms with Gasteiger partial charge in [0.2, 0.25) is 12.2 Å². The number of benzene rings is 3. The Balaban J connectivity index is 1.16. The normalized spacial score (nSPS) is 20.2. The molecule has 0 unspecified atom stereocenters. The van der Waals surface area contributed by atoms with Crippen molar-refractivity contribution in [3.05, 3.63) is 130 Å². The maximum Gasteiger partial charge on any atom is 0.288 e. The van der Waals surface area contributed by atoms with E-state index in [9.17, 15) is 19.5 Å². The maximum atomic E-state index is 14.2. The minimum atomic E-state index is -0.791. The van der Waals surface area contributed by atoms with Gasteiger partial charge in [0.1, 0.15) is 5.54 Å². The highest BCUT2D eigenvalue weighted by molar-refractivity contribution is 5.95. The lowest BCUT2D eigenvalue weighted by atomic mass is 9.85. The number of nitrogens with zero attached hydrogens (tertiary/aromatic N) is 4. The molecule has 2 amide bonds. The molecule has 254 valence electrons. The smallest absolute Gasteiger partial charge is 0.288 e. The number of hydrogen-bond donors (Lipinski definition) is 2. The minimum Gasteiger partial charge on any atom is -0.459 e. The lowest BCUT2D eigenvalue weighted by Crippen LogP contribution is -2.57. The molecule has 2 N–H and O–H groups in total. The number of nitrogens with one attached hydrogen (secondary N) is 1. The van der Waals surface area contributed by atoms with E-state index in [0.29, 0.717) is 44.6 Å². The molecule has 49 heavy (non-hydrogen) atoms. The van der Waals surface area contributed by atoms with Crippen LogP contribution in [-0.4, -0.2) is 62.8 Å². The Bertz CT molecular complexity index is 1910. The number of carbonyl (C=O) groups is 2. The molecule has 7 rings (SSSR count). The summed E-state index contributed by atoms with van der Waals surface area (Å²) < 4.78 is 16.0. The summed E-state index contributed by atoms with van der Waals surface area (Å²) >= 11 is 0. The average molecular weight is 664 g/mol. The van der Waals surface area contributed by atoms with Crippen molar-refractivity contribution in [3.8, 4) is 5.69 Å². The van der Waals surface area contributed by atoms with E-state index in [4.69, 9.17) is 9.47 Å². The fourth-order valence-electron chi connectivity index (χ4n) is 7.33. The van der Waals surface area contributed by atoms with E-state index < -0.39 is 17.7 Å². The Morgan fingerprint density at radius 1 is 0.939 bits per heavy atom. The molecule has 0 radical (unpaired) electrons. The van der Waals surface area contributed by atoms with Crippen molar-refractivity contribution in [2.45, 2.75) is 57.1 Å². The largest absolute Gasteiger partial charge is 0.459 e. The molecular weight excluding hydrogens is 622 g/mol. The van der Waals surface area contributed by atoms with Gasteiger partial charge in [-0.05, 0) is 61.2 Å². The zero-order valence-corrected chi connectivity index (χ0v) is 27.7. The lowest BCUT2D eigenvalue weighted by molar-refractivity contribution is -0.157. The van der Waals surface area contributed by atoms with Crippen molar-refractivity contribution in [1.29, 1.82) is 0 Å². The van der Waals surface area contributed by atoms with Crippen LogP contribution in [0.4, 0.5) is 5.69 Å². The van der Waals surface area contributed by atoms with Crippen LogP contribution < -0.4 is 15.8 Å². The molecule has 11 nitrogen and oxygen atoms in total. The van der Waals surface area contributed by atoms with E-state index in [-0.39, 0.29) is 36.3 Å². The number of hydrogen-bond acceptors (Lipinski definition) is 7. The maximum absolute atomic E-state index is 14.2. The summed E-state index contributed by atoms with van der Waals surface area (Å²) in [6.45, 7) is 3.25. The molecule has 11 heteroatoms. The van der Waals surface area contributed by atoms with E-state index in [2.05, 4.69) is 10.2 Å². The van der Waals surface area contributed by atoms with Crippen molar-refractivity contribution >= 4 is 17.5 Å². The molecule has 3 aromatic carbocycles. The number of allylic oxidation sites excluding steroid dienone is 1. The first-order valence-electron chi connectivity index (χ1n) is 16.7. The predicted octanol–water partition coefficient (Wildman–Crippen LogP) is 3.86. The molecule has 3 aliphatic heterocycles. The molecule has 1 aromatic heterocycles. The molecule has 0 saturated carbocycles. The van der Waals surface area contributed by atoms with Gasteiger partial charge in [0, 0.05) is 49.4 Å². The molecule has 3 aliphatic rings. The summed E-state index contributed by atoms with van der Waals surface area (Å²) in [5.74, 6) is -0.616. The van der Waals surface area contributed by atoms with Crippen LogP contribution >= 0.6 is 0 Å². The number of rotatable bonds is 8. The topological polar surface area (TPSA) is 118 Å². The summed E-state index contributed by atoms with van der Waals surface area (Å²) in [4.78, 5) is 45.3. The molecule has 4 heterocycles. The van der Waals surface area contributed by atoms with Crippen molar-refractivity contribution in [2.24, 2.45) is 7.05 Å². The van der Waals surface area contributed by atoms with Gasteiger partial charge in [0.25, 0.3) is 11.5 Å². The van der Waals surface area contributed by atoms with Crippen LogP contribution in [0.15, 0.2) is 102 Å². The number of para-hydroxylation sites is 2. The molecule has 2 atom stereocenters. The molecule has 0 bridgehead atoms. The number of carbonyl (C=O) groups excluding carboxylic acids is 2. The highest BCUT2D eigenvalue weighted by atomic mass is 16.7. The predicted molar refractivity (Wildman–Crippen MR) is 184 cm³/mol. The van der Waals surface area contributed by atoms with Gasteiger partial charge in [-0.2, -0.15) is 0 Å². The third-order valence-electron chi connectivity index (χ3n) is 10.2. The fraction of sp³-hybridized carbons (Fsp3) is 0.342. The Morgan fingerprint density at radius 3 is 2.22 bits per heavy atom. The van der Waals surface area contributed by atoms with Crippen LogP contribution in [0.25, 0.3) is 5.69 Å². The number of aliphatic hydroxyl groups excluding tert-OH is 1. The Kier molecular flexibility index (Phi) is 8.87. The molecule has 1 spiro atoms. The summed E-state index contributed by atoms with van der Waals surface area (Å²) in [7, 11) is 1.85. The van der Waals surface area contributed by atoms with Crippen LogP contribution in [-0.2, 0) is 39.3 Å². The third-order valence-corrected chi connectivity index (χ3v) is 10.2. The van der Waals surface area contributed by atoms with Crippen molar-refractivity contribution in [3.63, 3.8) is 0 Å². The molecule has 2 fully saturated rings. The highest BCUT2D eigenvalue weighted by Crippen LogP contribution is 2.38. The van der Waals surface area contributed by atoms with Gasteiger partial charge in [-0.25, -0.2) is 4.68 Å². The Labute approximate surface area is 284 Å². The number of aromatic nitrogens is 2. The quantitative estimate of drug-likeness (QED) is 0.294. The monoisotopic (exact) mass is 663 g/mol. The van der Waals surface area contributed by atoms with Gasteiger partial charge >= 0.3 is 0 Å². The molecule has 2 saturated heterocycles. The lowest BCUT2D eigenvalue weighted by Gasteiger charge is -2.43. The number of anilines is 1. The van der Waals surface area contributed by atoms with E-state index in [1.807, 2.05) is 104 Å². The van der Waals surface area contributed by atoms with Gasteiger partial charge in [0.05, 0.1) is 25.6 Å². The molecule has 4 aromatic rings. The van der Waals surface area contributed by atoms with E-state index >= 15 is 0 Å². The first-order chi connectivity index (χ1) is 23.8. The highest BCUT2D eigenvalue weighted by Gasteiger charge is 2.51. The Hall–Kier alpha value is -5.13. The zero-order chi connectivity index (χ0) is 34.1. The fourth-order valence-corrected chi connectivity index (χ4v) is 7.33. The number of likely N-dealkylation sites (tertiary alicyclic amines) is 1. The SMILES string of the molecule is Cc1c([C@H]2C=C(C(=O)N3CCC4(CC3)C(=O)NCN4c3ccccc3)O[C@@H](OCc3ccc(CO)cc3)C2)c(=O)n(-c2ccccc2)n1C. The van der Waals surface area contributed by atoms with Crippen LogP contribution in [0.2, 0.25) is 0 Å². The van der Waals surface area contributed by atoms with Gasteiger partial charge in [0.15, 0.2) is 5.76 Å². The standard InChI is InChI=1S/C38H41N5O6/c1-26-34(36(46)43(40(26)2)31-11-7-4-8-12-31)29-21-32(49-33(22-29)48-24-28-15-13-27(23-44)14-16-28)35(45)41-19-17-38(18-20-41)37(47)39-25-42(38)30-9-5-3-6-10-30/h3-16,21,29,33,44H,17-20,22-25H2,1-2H3,(H,39,47)/t29-,33+/m0/s1. The number of aliphatic hydroxyl groups is 1. The second kappa shape index (κ2) is 13.4. The van der Waals surface area contributed by atoms with E-state index in [0.717, 1.165) is 28.2 Å². The average Bonchev–Trinajstić information content (AvgIpc) is 3.57. The summed E-state index contributed by atoms with van der Waals surface area (Å²) in [6.07, 6.45) is 2.26. The van der Waals surface area contributed by atoms with E-state index in [1.54, 1.807) is 15.7 Å². The number of ether oxygens (including phenoxy) is 2. The second-order valence-corrected chi connectivity index (χ2v) is 12.9. The first kappa shape index (κ1) is 32.4. The van der Waals surface area contributed by atoms with Gasteiger partial charge in [-0.3, -0.25) is 19.1 Å². The van der Waals surface area contributed by atoms with Crippen LogP contribution in [0, 0.1) is 6.92 Å².